The second kappa shape index (κ2) is 3.27. The summed E-state index contributed by atoms with van der Waals surface area (Å²) in [6, 6.07) is 0. The molecule has 2 saturated heterocycles. The summed E-state index contributed by atoms with van der Waals surface area (Å²) in [6.07, 6.45) is 1.54. The van der Waals surface area contributed by atoms with Crippen molar-refractivity contribution in [3.8, 4) is 0 Å². The van der Waals surface area contributed by atoms with Crippen molar-refractivity contribution in [2.75, 3.05) is 26.9 Å². The van der Waals surface area contributed by atoms with Crippen molar-refractivity contribution in [3.63, 3.8) is 0 Å². The summed E-state index contributed by atoms with van der Waals surface area (Å²) in [6.45, 7) is 1.77. The van der Waals surface area contributed by atoms with Crippen LogP contribution in [0.25, 0.3) is 0 Å². The largest absolute Gasteiger partial charge is 0.468 e. The summed E-state index contributed by atoms with van der Waals surface area (Å²) in [4.78, 5) is 11.6. The van der Waals surface area contributed by atoms with Crippen LogP contribution in [0.1, 0.15) is 12.8 Å². The van der Waals surface area contributed by atoms with Crippen LogP contribution in [-0.2, 0) is 19.0 Å². The van der Waals surface area contributed by atoms with Gasteiger partial charge in [-0.1, -0.05) is 0 Å². The lowest BCUT2D eigenvalue weighted by molar-refractivity contribution is -0.168. The number of hydrogen-bond donors (Lipinski definition) is 0. The third kappa shape index (κ3) is 1.25. The normalized spacial score (nSPS) is 38.4. The van der Waals surface area contributed by atoms with E-state index in [1.165, 1.54) is 7.11 Å². The summed E-state index contributed by atoms with van der Waals surface area (Å²) in [7, 11) is 1.42. The van der Waals surface area contributed by atoms with Crippen molar-refractivity contribution in [1.29, 1.82) is 0 Å². The zero-order chi connectivity index (χ0) is 9.31. The predicted molar refractivity (Wildman–Crippen MR) is 44.2 cm³/mol. The van der Waals surface area contributed by atoms with Gasteiger partial charge in [0.2, 0.25) is 0 Å². The minimum Gasteiger partial charge on any atom is -0.468 e. The molecule has 2 aliphatic rings. The fraction of sp³-hybridized carbons (Fsp3) is 0.889. The maximum Gasteiger partial charge on any atom is 0.316 e. The van der Waals surface area contributed by atoms with Gasteiger partial charge in [-0.15, -0.1) is 0 Å². The first-order valence-corrected chi connectivity index (χ1v) is 4.57. The molecule has 0 amide bonds. The van der Waals surface area contributed by atoms with Crippen molar-refractivity contribution in [2.45, 2.75) is 18.9 Å². The van der Waals surface area contributed by atoms with Crippen molar-refractivity contribution < 1.29 is 19.0 Å². The zero-order valence-electron chi connectivity index (χ0n) is 7.75. The lowest BCUT2D eigenvalue weighted by atomic mass is 9.79. The molecular formula is C9H14O4. The minimum atomic E-state index is -0.507. The number of carbonyl (C=O) groups excluding carboxylic acids is 1. The second-order valence-electron chi connectivity index (χ2n) is 3.60. The van der Waals surface area contributed by atoms with E-state index in [2.05, 4.69) is 0 Å². The summed E-state index contributed by atoms with van der Waals surface area (Å²) in [5.41, 5.74) is -0.507. The average molecular weight is 186 g/mol. The molecule has 0 saturated carbocycles. The Labute approximate surface area is 77.1 Å². The number of esters is 1. The van der Waals surface area contributed by atoms with Crippen LogP contribution in [-0.4, -0.2) is 39.0 Å². The topological polar surface area (TPSA) is 44.8 Å². The standard InChI is InChI=1S/C9H14O4/c1-11-8(10)9-3-5-13-7(9)2-4-12-6-9/h7H,2-6H2,1H3/t7-,9+/m0/s1. The molecule has 0 aromatic rings. The van der Waals surface area contributed by atoms with E-state index in [4.69, 9.17) is 14.2 Å². The number of rotatable bonds is 1. The van der Waals surface area contributed by atoms with E-state index in [1.807, 2.05) is 0 Å². The smallest absolute Gasteiger partial charge is 0.316 e. The number of carbonyl (C=O) groups is 1. The molecule has 0 bridgehead atoms. The van der Waals surface area contributed by atoms with E-state index in [-0.39, 0.29) is 12.1 Å². The lowest BCUT2D eigenvalue weighted by Crippen LogP contribution is -2.47. The van der Waals surface area contributed by atoms with Crippen LogP contribution in [0.5, 0.6) is 0 Å². The first-order valence-electron chi connectivity index (χ1n) is 4.57. The maximum absolute atomic E-state index is 11.6. The second-order valence-corrected chi connectivity index (χ2v) is 3.60. The van der Waals surface area contributed by atoms with Crippen LogP contribution in [0, 0.1) is 5.41 Å². The van der Waals surface area contributed by atoms with Gasteiger partial charge in [-0.25, -0.2) is 0 Å². The Morgan fingerprint density at radius 1 is 1.54 bits per heavy atom. The quantitative estimate of drug-likeness (QED) is 0.554. The molecule has 2 rings (SSSR count). The van der Waals surface area contributed by atoms with E-state index in [0.717, 1.165) is 12.8 Å². The highest BCUT2D eigenvalue weighted by Gasteiger charge is 2.53. The summed E-state index contributed by atoms with van der Waals surface area (Å²) < 4.78 is 15.6. The maximum atomic E-state index is 11.6. The van der Waals surface area contributed by atoms with Gasteiger partial charge in [0.15, 0.2) is 0 Å². The van der Waals surface area contributed by atoms with Crippen LogP contribution in [0.15, 0.2) is 0 Å². The van der Waals surface area contributed by atoms with Gasteiger partial charge >= 0.3 is 5.97 Å². The van der Waals surface area contributed by atoms with Crippen molar-refractivity contribution in [1.82, 2.24) is 0 Å². The Morgan fingerprint density at radius 2 is 2.38 bits per heavy atom. The van der Waals surface area contributed by atoms with Crippen molar-refractivity contribution in [2.24, 2.45) is 5.41 Å². The SMILES string of the molecule is COC(=O)[C@@]12CCO[C@H]1CCOC2. The fourth-order valence-corrected chi connectivity index (χ4v) is 2.17. The number of fused-ring (bicyclic) bond motifs is 1. The Morgan fingerprint density at radius 3 is 3.15 bits per heavy atom. The highest BCUT2D eigenvalue weighted by molar-refractivity contribution is 5.78. The molecular weight excluding hydrogens is 172 g/mol. The van der Waals surface area contributed by atoms with Gasteiger partial charge in [0.05, 0.1) is 19.8 Å². The molecule has 0 radical (unpaired) electrons. The predicted octanol–water partition coefficient (Wildman–Crippen LogP) is 0.355. The van der Waals surface area contributed by atoms with Crippen LogP contribution >= 0.6 is 0 Å². The van der Waals surface area contributed by atoms with Crippen LogP contribution in [0.2, 0.25) is 0 Å². The third-order valence-electron chi connectivity index (χ3n) is 2.96. The Kier molecular flexibility index (Phi) is 2.26. The number of ether oxygens (including phenoxy) is 3. The third-order valence-corrected chi connectivity index (χ3v) is 2.96. The van der Waals surface area contributed by atoms with Gasteiger partial charge in [-0.3, -0.25) is 4.79 Å². The van der Waals surface area contributed by atoms with E-state index in [9.17, 15) is 4.79 Å². The zero-order valence-corrected chi connectivity index (χ0v) is 7.75. The first-order chi connectivity index (χ1) is 6.29. The number of methoxy groups -OCH3 is 1. The van der Waals surface area contributed by atoms with Crippen molar-refractivity contribution >= 4 is 5.97 Å². The molecule has 0 aromatic heterocycles. The van der Waals surface area contributed by atoms with E-state index < -0.39 is 5.41 Å². The Balaban J connectivity index is 2.20. The van der Waals surface area contributed by atoms with Crippen LogP contribution in [0.4, 0.5) is 0 Å². The molecule has 0 spiro atoms. The molecule has 0 unspecified atom stereocenters. The molecule has 74 valence electrons. The van der Waals surface area contributed by atoms with Crippen LogP contribution in [0.3, 0.4) is 0 Å². The van der Waals surface area contributed by atoms with E-state index >= 15 is 0 Å². The minimum absolute atomic E-state index is 0.00806. The highest BCUT2D eigenvalue weighted by atomic mass is 16.5. The highest BCUT2D eigenvalue weighted by Crippen LogP contribution is 2.40. The summed E-state index contributed by atoms with van der Waals surface area (Å²) in [5.74, 6) is -0.185. The lowest BCUT2D eigenvalue weighted by Gasteiger charge is -2.34. The first kappa shape index (κ1) is 8.97. The van der Waals surface area contributed by atoms with Crippen LogP contribution < -0.4 is 0 Å². The molecule has 0 aromatic carbocycles. The monoisotopic (exact) mass is 186 g/mol. The van der Waals surface area contributed by atoms with E-state index in [0.29, 0.717) is 19.8 Å². The van der Waals surface area contributed by atoms with E-state index in [1.54, 1.807) is 0 Å². The van der Waals surface area contributed by atoms with Gasteiger partial charge in [0.1, 0.15) is 5.41 Å². The van der Waals surface area contributed by atoms with Gasteiger partial charge < -0.3 is 14.2 Å². The molecule has 2 aliphatic heterocycles. The Hall–Kier alpha value is -0.610. The number of hydrogen-bond acceptors (Lipinski definition) is 4. The molecule has 4 nitrogen and oxygen atoms in total. The fourth-order valence-electron chi connectivity index (χ4n) is 2.17. The molecule has 0 aliphatic carbocycles. The molecule has 4 heteroatoms. The molecule has 2 atom stereocenters. The van der Waals surface area contributed by atoms with Gasteiger partial charge in [-0.05, 0) is 12.8 Å². The summed E-state index contributed by atoms with van der Waals surface area (Å²) >= 11 is 0. The summed E-state index contributed by atoms with van der Waals surface area (Å²) in [5, 5.41) is 0. The van der Waals surface area contributed by atoms with Gasteiger partial charge in [0, 0.05) is 13.2 Å². The Bertz CT molecular complexity index is 216. The van der Waals surface area contributed by atoms with Gasteiger partial charge in [-0.2, -0.15) is 0 Å². The molecule has 0 N–H and O–H groups in total. The molecule has 2 fully saturated rings. The molecule has 2 heterocycles. The van der Waals surface area contributed by atoms with Crippen molar-refractivity contribution in [3.05, 3.63) is 0 Å². The molecule has 13 heavy (non-hydrogen) atoms. The van der Waals surface area contributed by atoms with Gasteiger partial charge in [0.25, 0.3) is 0 Å². The average Bonchev–Trinajstić information content (AvgIpc) is 2.61.